The lowest BCUT2D eigenvalue weighted by atomic mass is 10.1. The van der Waals surface area contributed by atoms with Crippen molar-refractivity contribution in [3.05, 3.63) is 29.8 Å². The zero-order valence-corrected chi connectivity index (χ0v) is 12.5. The first-order valence-corrected chi connectivity index (χ1v) is 7.19. The van der Waals surface area contributed by atoms with Crippen LogP contribution in [-0.4, -0.2) is 36.7 Å². The number of hydrogen-bond donors (Lipinski definition) is 4. The number of carbonyl (C=O) groups is 1. The number of nitrogens with two attached hydrogens (primary N) is 1. The maximum Gasteiger partial charge on any atom is 0.253 e. The minimum absolute atomic E-state index is 0.0556. The Morgan fingerprint density at radius 1 is 1.52 bits per heavy atom. The van der Waals surface area contributed by atoms with E-state index in [0.29, 0.717) is 17.8 Å². The number of hydrazone groups is 1. The molecule has 1 aromatic rings. The highest BCUT2D eigenvalue weighted by Gasteiger charge is 2.17. The van der Waals surface area contributed by atoms with E-state index in [-0.39, 0.29) is 17.7 Å². The third-order valence-corrected chi connectivity index (χ3v) is 3.34. The third kappa shape index (κ3) is 4.52. The molecule has 0 bridgehead atoms. The Balaban J connectivity index is 2.05. The Kier molecular flexibility index (Phi) is 5.66. The molecule has 5 N–H and O–H groups in total. The average molecular weight is 314 g/mol. The number of para-hydroxylation sites is 1. The first kappa shape index (κ1) is 16.5. The Morgan fingerprint density at radius 2 is 2.30 bits per heavy atom. The summed E-state index contributed by atoms with van der Waals surface area (Å²) in [6.07, 6.45) is 2.00. The zero-order chi connectivity index (χ0) is 16.7. The van der Waals surface area contributed by atoms with Gasteiger partial charge in [-0.3, -0.25) is 15.6 Å². The van der Waals surface area contributed by atoms with E-state index in [0.717, 1.165) is 19.4 Å². The summed E-state index contributed by atoms with van der Waals surface area (Å²) < 4.78 is 5.46. The summed E-state index contributed by atoms with van der Waals surface area (Å²) in [6, 6.07) is 8.46. The lowest BCUT2D eigenvalue weighted by Crippen LogP contribution is -2.32. The molecule has 0 radical (unpaired) electrons. The van der Waals surface area contributed by atoms with Crippen LogP contribution in [0.1, 0.15) is 23.2 Å². The van der Waals surface area contributed by atoms with Crippen molar-refractivity contribution >= 4 is 23.1 Å². The van der Waals surface area contributed by atoms with Gasteiger partial charge in [0.2, 0.25) is 5.71 Å². The number of nitrogens with one attached hydrogen (secondary N) is 3. The van der Waals surface area contributed by atoms with E-state index in [9.17, 15) is 4.79 Å². The molecule has 1 atom stereocenters. The van der Waals surface area contributed by atoms with Gasteiger partial charge >= 0.3 is 0 Å². The fourth-order valence-corrected chi connectivity index (χ4v) is 2.15. The standard InChI is InChI=1S/C15H18N6O2/c16-8-13(14(17)18)21-20-12-6-2-1-5-11(12)15(22)19-9-10-4-3-7-23-10/h1-2,5-6,10,20H,3-4,7,9H2,(H3,17,18)(H,19,22)/b21-13+. The maximum absolute atomic E-state index is 12.3. The summed E-state index contributed by atoms with van der Waals surface area (Å²) in [6.45, 7) is 1.18. The second kappa shape index (κ2) is 7.91. The van der Waals surface area contributed by atoms with Gasteiger partial charge in [-0.2, -0.15) is 10.4 Å². The van der Waals surface area contributed by atoms with Crippen LogP contribution >= 0.6 is 0 Å². The van der Waals surface area contributed by atoms with Crippen LogP contribution in [-0.2, 0) is 4.74 Å². The first-order valence-electron chi connectivity index (χ1n) is 7.19. The minimum Gasteiger partial charge on any atom is -0.382 e. The molecule has 120 valence electrons. The van der Waals surface area contributed by atoms with Gasteiger partial charge in [0.25, 0.3) is 5.91 Å². The van der Waals surface area contributed by atoms with Crippen LogP contribution in [0.4, 0.5) is 5.69 Å². The molecule has 1 aliphatic heterocycles. The van der Waals surface area contributed by atoms with Gasteiger partial charge in [0, 0.05) is 13.2 Å². The lowest BCUT2D eigenvalue weighted by molar-refractivity contribution is 0.0858. The van der Waals surface area contributed by atoms with E-state index < -0.39 is 5.84 Å². The fraction of sp³-hybridized carbons (Fsp3) is 0.333. The van der Waals surface area contributed by atoms with Crippen LogP contribution in [0.2, 0.25) is 0 Å². The summed E-state index contributed by atoms with van der Waals surface area (Å²) in [4.78, 5) is 12.3. The molecular formula is C15H18N6O2. The van der Waals surface area contributed by atoms with Crippen LogP contribution in [0.15, 0.2) is 29.4 Å². The smallest absolute Gasteiger partial charge is 0.253 e. The van der Waals surface area contributed by atoms with Crippen molar-refractivity contribution in [2.75, 3.05) is 18.6 Å². The molecular weight excluding hydrogens is 296 g/mol. The molecule has 1 saturated heterocycles. The maximum atomic E-state index is 12.3. The average Bonchev–Trinajstić information content (AvgIpc) is 3.06. The van der Waals surface area contributed by atoms with Crippen LogP contribution in [0.3, 0.4) is 0 Å². The van der Waals surface area contributed by atoms with Gasteiger partial charge in [0.15, 0.2) is 5.84 Å². The van der Waals surface area contributed by atoms with Crippen molar-refractivity contribution < 1.29 is 9.53 Å². The molecule has 8 nitrogen and oxygen atoms in total. The largest absolute Gasteiger partial charge is 0.382 e. The Morgan fingerprint density at radius 3 is 2.96 bits per heavy atom. The molecule has 1 unspecified atom stereocenters. The van der Waals surface area contributed by atoms with Gasteiger partial charge in [0.1, 0.15) is 6.07 Å². The van der Waals surface area contributed by atoms with E-state index in [4.69, 9.17) is 21.1 Å². The number of nitrogens with zero attached hydrogens (tertiary/aromatic N) is 2. The van der Waals surface area contributed by atoms with Gasteiger partial charge in [-0.05, 0) is 25.0 Å². The first-order chi connectivity index (χ1) is 11.1. The zero-order valence-electron chi connectivity index (χ0n) is 12.5. The highest BCUT2D eigenvalue weighted by Crippen LogP contribution is 2.16. The number of ether oxygens (including phenoxy) is 1. The fourth-order valence-electron chi connectivity index (χ4n) is 2.15. The Labute approximate surface area is 133 Å². The van der Waals surface area contributed by atoms with Gasteiger partial charge in [-0.1, -0.05) is 12.1 Å². The van der Waals surface area contributed by atoms with Gasteiger partial charge in [-0.15, -0.1) is 0 Å². The van der Waals surface area contributed by atoms with Crippen molar-refractivity contribution in [1.29, 1.82) is 10.7 Å². The molecule has 1 amide bonds. The second-order valence-electron chi connectivity index (χ2n) is 4.99. The molecule has 0 aromatic heterocycles. The van der Waals surface area contributed by atoms with Gasteiger partial charge in [0.05, 0.1) is 17.4 Å². The summed E-state index contributed by atoms with van der Waals surface area (Å²) in [7, 11) is 0. The SMILES string of the molecule is N#C/C(=N\Nc1ccccc1C(=O)NCC1CCCO1)C(=N)N. The van der Waals surface area contributed by atoms with Crippen LogP contribution in [0, 0.1) is 16.7 Å². The predicted octanol–water partition coefficient (Wildman–Crippen LogP) is 0.823. The highest BCUT2D eigenvalue weighted by molar-refractivity contribution is 6.45. The molecule has 0 spiro atoms. The van der Waals surface area contributed by atoms with Crippen LogP contribution in [0.25, 0.3) is 0 Å². The minimum atomic E-state index is -0.444. The molecule has 1 aliphatic rings. The van der Waals surface area contributed by atoms with Crippen LogP contribution < -0.4 is 16.5 Å². The number of anilines is 1. The number of benzene rings is 1. The normalized spacial score (nSPS) is 17.3. The number of amides is 1. The second-order valence-corrected chi connectivity index (χ2v) is 4.99. The van der Waals surface area contributed by atoms with E-state index in [1.165, 1.54) is 0 Å². The van der Waals surface area contributed by atoms with Crippen LogP contribution in [0.5, 0.6) is 0 Å². The summed E-state index contributed by atoms with van der Waals surface area (Å²) in [5.41, 5.74) is 8.39. The quantitative estimate of drug-likeness (QED) is 0.350. The molecule has 23 heavy (non-hydrogen) atoms. The number of carbonyl (C=O) groups excluding carboxylic acids is 1. The molecule has 1 fully saturated rings. The number of hydrogen-bond acceptors (Lipinski definition) is 6. The molecule has 0 aliphatic carbocycles. The molecule has 8 heteroatoms. The Bertz CT molecular complexity index is 658. The lowest BCUT2D eigenvalue weighted by Gasteiger charge is -2.12. The summed E-state index contributed by atoms with van der Waals surface area (Å²) >= 11 is 0. The predicted molar refractivity (Wildman–Crippen MR) is 86.3 cm³/mol. The molecule has 0 saturated carbocycles. The molecule has 1 aromatic carbocycles. The molecule has 1 heterocycles. The number of amidine groups is 1. The van der Waals surface area contributed by atoms with E-state index >= 15 is 0 Å². The number of nitriles is 1. The van der Waals surface area contributed by atoms with Gasteiger partial charge < -0.3 is 15.8 Å². The summed E-state index contributed by atoms with van der Waals surface area (Å²) in [5.74, 6) is -0.708. The van der Waals surface area contributed by atoms with E-state index in [1.807, 2.05) is 0 Å². The monoisotopic (exact) mass is 314 g/mol. The van der Waals surface area contributed by atoms with Crippen molar-refractivity contribution in [2.24, 2.45) is 10.8 Å². The molecule has 2 rings (SSSR count). The highest BCUT2D eigenvalue weighted by atomic mass is 16.5. The van der Waals surface area contributed by atoms with Gasteiger partial charge in [-0.25, -0.2) is 0 Å². The van der Waals surface area contributed by atoms with E-state index in [2.05, 4.69) is 15.8 Å². The topological polar surface area (TPSA) is 136 Å². The van der Waals surface area contributed by atoms with E-state index in [1.54, 1.807) is 30.3 Å². The van der Waals surface area contributed by atoms with Crippen molar-refractivity contribution in [3.63, 3.8) is 0 Å². The van der Waals surface area contributed by atoms with Crippen molar-refractivity contribution in [2.45, 2.75) is 18.9 Å². The Hall–Kier alpha value is -2.92. The number of rotatable bonds is 6. The third-order valence-electron chi connectivity index (χ3n) is 3.34. The van der Waals surface area contributed by atoms with Crippen molar-refractivity contribution in [1.82, 2.24) is 5.32 Å². The van der Waals surface area contributed by atoms with Crippen molar-refractivity contribution in [3.8, 4) is 6.07 Å². The summed E-state index contributed by atoms with van der Waals surface area (Å²) in [5, 5.41) is 22.6.